The molecule has 4 heteroatoms. The molecule has 17 heavy (non-hydrogen) atoms. The lowest BCUT2D eigenvalue weighted by atomic mass is 9.93. The van der Waals surface area contributed by atoms with Gasteiger partial charge < -0.3 is 15.4 Å². The van der Waals surface area contributed by atoms with Gasteiger partial charge in [-0.05, 0) is 33.2 Å². The Bertz CT molecular complexity index is 254. The fourth-order valence-electron chi connectivity index (χ4n) is 2.15. The Morgan fingerprint density at radius 1 is 1.53 bits per heavy atom. The molecule has 0 saturated carbocycles. The quantitative estimate of drug-likeness (QED) is 0.764. The van der Waals surface area contributed by atoms with E-state index in [0.717, 1.165) is 32.5 Å². The summed E-state index contributed by atoms with van der Waals surface area (Å²) in [6.07, 6.45) is 1.82. The normalized spacial score (nSPS) is 25.3. The van der Waals surface area contributed by atoms with Crippen molar-refractivity contribution in [2.45, 2.75) is 52.2 Å². The third-order valence-corrected chi connectivity index (χ3v) is 3.19. The van der Waals surface area contributed by atoms with Crippen molar-refractivity contribution in [2.75, 3.05) is 19.7 Å². The number of rotatable bonds is 5. The summed E-state index contributed by atoms with van der Waals surface area (Å²) < 4.78 is 5.64. The van der Waals surface area contributed by atoms with E-state index in [-0.39, 0.29) is 23.5 Å². The van der Waals surface area contributed by atoms with Crippen LogP contribution in [0.15, 0.2) is 0 Å². The molecule has 1 aliphatic heterocycles. The van der Waals surface area contributed by atoms with Crippen molar-refractivity contribution >= 4 is 5.91 Å². The zero-order valence-corrected chi connectivity index (χ0v) is 11.5. The summed E-state index contributed by atoms with van der Waals surface area (Å²) >= 11 is 0. The number of nitrogens with one attached hydrogen (secondary N) is 2. The van der Waals surface area contributed by atoms with Crippen LogP contribution in [-0.2, 0) is 9.53 Å². The van der Waals surface area contributed by atoms with Crippen molar-refractivity contribution in [3.63, 3.8) is 0 Å². The summed E-state index contributed by atoms with van der Waals surface area (Å²) in [6.45, 7) is 10.5. The lowest BCUT2D eigenvalue weighted by Crippen LogP contribution is -2.48. The van der Waals surface area contributed by atoms with Gasteiger partial charge in [-0.25, -0.2) is 0 Å². The molecule has 2 N–H and O–H groups in total. The lowest BCUT2D eigenvalue weighted by Gasteiger charge is -2.36. The van der Waals surface area contributed by atoms with Crippen LogP contribution in [0.5, 0.6) is 0 Å². The number of hydrogen-bond acceptors (Lipinski definition) is 3. The predicted octanol–water partition coefficient (Wildman–Crippen LogP) is 1.31. The van der Waals surface area contributed by atoms with Gasteiger partial charge in [0.2, 0.25) is 5.91 Å². The largest absolute Gasteiger partial charge is 0.375 e. The zero-order valence-electron chi connectivity index (χ0n) is 11.5. The van der Waals surface area contributed by atoms with E-state index in [2.05, 4.69) is 24.5 Å². The topological polar surface area (TPSA) is 50.4 Å². The number of amides is 1. The maximum atomic E-state index is 11.9. The molecule has 4 nitrogen and oxygen atoms in total. The third kappa shape index (κ3) is 5.04. The second-order valence-electron chi connectivity index (χ2n) is 5.52. The van der Waals surface area contributed by atoms with Gasteiger partial charge in [0.05, 0.1) is 5.60 Å². The van der Waals surface area contributed by atoms with Crippen LogP contribution in [0.2, 0.25) is 0 Å². The summed E-state index contributed by atoms with van der Waals surface area (Å²) in [7, 11) is 0. The predicted molar refractivity (Wildman–Crippen MR) is 68.9 cm³/mol. The first-order chi connectivity index (χ1) is 7.94. The highest BCUT2D eigenvalue weighted by Gasteiger charge is 2.30. The maximum Gasteiger partial charge on any atom is 0.224 e. The van der Waals surface area contributed by atoms with Gasteiger partial charge in [0.25, 0.3) is 0 Å². The highest BCUT2D eigenvalue weighted by Crippen LogP contribution is 2.23. The Kier molecular flexibility index (Phi) is 5.40. The molecule has 1 aliphatic rings. The Morgan fingerprint density at radius 3 is 2.82 bits per heavy atom. The van der Waals surface area contributed by atoms with Crippen molar-refractivity contribution in [2.24, 2.45) is 5.92 Å². The number of carbonyl (C=O) groups excluding carboxylic acids is 1. The summed E-state index contributed by atoms with van der Waals surface area (Å²) in [5.41, 5.74) is -0.110. The van der Waals surface area contributed by atoms with Crippen LogP contribution < -0.4 is 10.6 Å². The van der Waals surface area contributed by atoms with Gasteiger partial charge in [-0.15, -0.1) is 0 Å². The molecule has 100 valence electrons. The van der Waals surface area contributed by atoms with E-state index in [4.69, 9.17) is 4.74 Å². The highest BCUT2D eigenvalue weighted by atomic mass is 16.5. The van der Waals surface area contributed by atoms with Crippen LogP contribution in [0.25, 0.3) is 0 Å². The van der Waals surface area contributed by atoms with E-state index in [9.17, 15) is 4.79 Å². The fourth-order valence-corrected chi connectivity index (χ4v) is 2.15. The van der Waals surface area contributed by atoms with Crippen LogP contribution in [0.3, 0.4) is 0 Å². The van der Waals surface area contributed by atoms with Crippen molar-refractivity contribution in [3.8, 4) is 0 Å². The average Bonchev–Trinajstić information content (AvgIpc) is 2.24. The van der Waals surface area contributed by atoms with Crippen molar-refractivity contribution in [1.29, 1.82) is 0 Å². The van der Waals surface area contributed by atoms with Gasteiger partial charge >= 0.3 is 0 Å². The van der Waals surface area contributed by atoms with Crippen LogP contribution in [0, 0.1) is 5.92 Å². The molecule has 2 atom stereocenters. The number of carbonyl (C=O) groups is 1. The van der Waals surface area contributed by atoms with Crippen LogP contribution in [0.4, 0.5) is 0 Å². The van der Waals surface area contributed by atoms with E-state index in [1.807, 2.05) is 13.8 Å². The molecule has 1 fully saturated rings. The lowest BCUT2D eigenvalue weighted by molar-refractivity contribution is -0.127. The fraction of sp³-hybridized carbons (Fsp3) is 0.923. The molecule has 0 aromatic heterocycles. The second kappa shape index (κ2) is 6.36. The van der Waals surface area contributed by atoms with Gasteiger partial charge in [-0.1, -0.05) is 13.8 Å². The number of hydrogen-bond donors (Lipinski definition) is 2. The third-order valence-electron chi connectivity index (χ3n) is 3.19. The Morgan fingerprint density at radius 2 is 2.24 bits per heavy atom. The highest BCUT2D eigenvalue weighted by molar-refractivity contribution is 5.78. The molecule has 0 aromatic carbocycles. The van der Waals surface area contributed by atoms with Crippen LogP contribution >= 0.6 is 0 Å². The molecule has 0 aliphatic carbocycles. The zero-order chi connectivity index (χ0) is 12.9. The molecule has 1 saturated heterocycles. The monoisotopic (exact) mass is 242 g/mol. The standard InChI is InChI=1S/C13H26N2O2/c1-5-14-9-10(2)12(16)15-11-6-7-17-13(3,4)8-11/h10-11,14H,5-9H2,1-4H3,(H,15,16). The van der Waals surface area contributed by atoms with Crippen LogP contribution in [0.1, 0.15) is 40.5 Å². The molecule has 2 unspecified atom stereocenters. The molecule has 0 spiro atoms. The summed E-state index contributed by atoms with van der Waals surface area (Å²) in [4.78, 5) is 11.9. The minimum absolute atomic E-state index is 0.0286. The van der Waals surface area contributed by atoms with E-state index in [1.54, 1.807) is 0 Å². The van der Waals surface area contributed by atoms with Crippen molar-refractivity contribution in [3.05, 3.63) is 0 Å². The first kappa shape index (κ1) is 14.5. The van der Waals surface area contributed by atoms with E-state index < -0.39 is 0 Å². The molecule has 1 heterocycles. The van der Waals surface area contributed by atoms with Crippen LogP contribution in [-0.4, -0.2) is 37.2 Å². The molecule has 0 bridgehead atoms. The molecule has 0 aromatic rings. The molecular formula is C13H26N2O2. The van der Waals surface area contributed by atoms with E-state index >= 15 is 0 Å². The van der Waals surface area contributed by atoms with Crippen molar-refractivity contribution < 1.29 is 9.53 Å². The summed E-state index contributed by atoms with van der Waals surface area (Å²) in [5.74, 6) is 0.176. The Balaban J connectivity index is 2.35. The summed E-state index contributed by atoms with van der Waals surface area (Å²) in [5, 5.41) is 6.32. The first-order valence-corrected chi connectivity index (χ1v) is 6.59. The Hall–Kier alpha value is -0.610. The maximum absolute atomic E-state index is 11.9. The minimum Gasteiger partial charge on any atom is -0.375 e. The van der Waals surface area contributed by atoms with Gasteiger partial charge in [-0.3, -0.25) is 4.79 Å². The van der Waals surface area contributed by atoms with Gasteiger partial charge in [0.15, 0.2) is 0 Å². The average molecular weight is 242 g/mol. The SMILES string of the molecule is CCNCC(C)C(=O)NC1CCOC(C)(C)C1. The second-order valence-corrected chi connectivity index (χ2v) is 5.52. The van der Waals surface area contributed by atoms with E-state index in [0.29, 0.717) is 0 Å². The number of ether oxygens (including phenoxy) is 1. The molecular weight excluding hydrogens is 216 g/mol. The smallest absolute Gasteiger partial charge is 0.224 e. The Labute approximate surface area is 104 Å². The molecule has 0 radical (unpaired) electrons. The van der Waals surface area contributed by atoms with Gasteiger partial charge in [0.1, 0.15) is 0 Å². The van der Waals surface area contributed by atoms with E-state index in [1.165, 1.54) is 0 Å². The summed E-state index contributed by atoms with van der Waals surface area (Å²) in [6, 6.07) is 0.260. The molecule has 1 rings (SSSR count). The molecule has 1 amide bonds. The van der Waals surface area contributed by atoms with Gasteiger partial charge in [0, 0.05) is 25.1 Å². The van der Waals surface area contributed by atoms with Crippen molar-refractivity contribution in [1.82, 2.24) is 10.6 Å². The minimum atomic E-state index is -0.110. The first-order valence-electron chi connectivity index (χ1n) is 6.59. The van der Waals surface area contributed by atoms with Gasteiger partial charge in [-0.2, -0.15) is 0 Å².